The van der Waals surface area contributed by atoms with Crippen molar-refractivity contribution < 1.29 is 17.9 Å². The molecule has 0 aliphatic heterocycles. The minimum atomic E-state index is -3.83. The van der Waals surface area contributed by atoms with Crippen LogP contribution in [-0.2, 0) is 14.8 Å². The molecule has 0 aliphatic rings. The molecule has 0 fully saturated rings. The Morgan fingerprint density at radius 1 is 1.06 bits per heavy atom. The van der Waals surface area contributed by atoms with Crippen LogP contribution in [0.3, 0.4) is 0 Å². The van der Waals surface area contributed by atoms with Gasteiger partial charge in [0, 0.05) is 23.5 Å². The summed E-state index contributed by atoms with van der Waals surface area (Å²) in [5.74, 6) is 1.01. The molecule has 2 N–H and O–H groups in total. The zero-order valence-electron chi connectivity index (χ0n) is 17.6. The summed E-state index contributed by atoms with van der Waals surface area (Å²) in [5, 5.41) is 2.69. The van der Waals surface area contributed by atoms with Gasteiger partial charge in [0.25, 0.3) is 10.0 Å². The summed E-state index contributed by atoms with van der Waals surface area (Å²) in [7, 11) is -2.25. The lowest BCUT2D eigenvalue weighted by atomic mass is 10.2. The standard InChI is InChI=1S/C22H21BrN4O4S/c1-14-12-21(25-15(2)24-14)27-32(29,30)18-8-6-17(7-9-18)26-22(28)11-5-16-4-10-20(31-3)19(23)13-16/h4-13H,1-3H3,(H,26,28)(H,24,25,27)/b11-5-. The topological polar surface area (TPSA) is 110 Å². The van der Waals surface area contributed by atoms with Crippen LogP contribution in [0.5, 0.6) is 5.75 Å². The quantitative estimate of drug-likeness (QED) is 0.452. The summed E-state index contributed by atoms with van der Waals surface area (Å²) in [6, 6.07) is 12.8. The van der Waals surface area contributed by atoms with Crippen molar-refractivity contribution in [3.8, 4) is 5.75 Å². The number of rotatable bonds is 7. The lowest BCUT2D eigenvalue weighted by Crippen LogP contribution is -2.15. The van der Waals surface area contributed by atoms with Gasteiger partial charge in [-0.2, -0.15) is 0 Å². The Morgan fingerprint density at radius 3 is 2.41 bits per heavy atom. The van der Waals surface area contributed by atoms with Gasteiger partial charge in [0.15, 0.2) is 0 Å². The molecular weight excluding hydrogens is 496 g/mol. The molecule has 1 heterocycles. The molecule has 0 bridgehead atoms. The molecular formula is C22H21BrN4O4S. The number of carbonyl (C=O) groups excluding carboxylic acids is 1. The second-order valence-electron chi connectivity index (χ2n) is 6.79. The number of aromatic nitrogens is 2. The third-order valence-electron chi connectivity index (χ3n) is 4.24. The number of ether oxygens (including phenoxy) is 1. The SMILES string of the molecule is COc1ccc(/C=C\C(=O)Nc2ccc(S(=O)(=O)Nc3cc(C)nc(C)n3)cc2)cc1Br. The summed E-state index contributed by atoms with van der Waals surface area (Å²) in [4.78, 5) is 20.5. The number of hydrogen-bond donors (Lipinski definition) is 2. The van der Waals surface area contributed by atoms with Crippen LogP contribution in [0.2, 0.25) is 0 Å². The average molecular weight is 517 g/mol. The first-order valence-corrected chi connectivity index (χ1v) is 11.7. The van der Waals surface area contributed by atoms with Gasteiger partial charge in [0.05, 0.1) is 16.5 Å². The number of halogens is 1. The van der Waals surface area contributed by atoms with E-state index < -0.39 is 10.0 Å². The fourth-order valence-corrected chi connectivity index (χ4v) is 4.38. The highest BCUT2D eigenvalue weighted by Gasteiger charge is 2.15. The first-order chi connectivity index (χ1) is 15.2. The summed E-state index contributed by atoms with van der Waals surface area (Å²) in [6.07, 6.45) is 3.05. The molecule has 0 unspecified atom stereocenters. The van der Waals surface area contributed by atoms with E-state index in [4.69, 9.17) is 4.74 Å². The van der Waals surface area contributed by atoms with E-state index in [1.807, 2.05) is 12.1 Å². The molecule has 3 aromatic rings. The maximum absolute atomic E-state index is 12.6. The van der Waals surface area contributed by atoms with Gasteiger partial charge >= 0.3 is 0 Å². The summed E-state index contributed by atoms with van der Waals surface area (Å²) in [6.45, 7) is 3.44. The molecule has 2 aromatic carbocycles. The van der Waals surface area contributed by atoms with Gasteiger partial charge in [-0.1, -0.05) is 6.07 Å². The Morgan fingerprint density at radius 2 is 1.78 bits per heavy atom. The maximum Gasteiger partial charge on any atom is 0.263 e. The van der Waals surface area contributed by atoms with E-state index in [-0.39, 0.29) is 16.6 Å². The fraction of sp³-hybridized carbons (Fsp3) is 0.136. The second kappa shape index (κ2) is 9.92. The molecule has 1 amide bonds. The van der Waals surface area contributed by atoms with Crippen molar-refractivity contribution in [1.82, 2.24) is 9.97 Å². The number of amides is 1. The van der Waals surface area contributed by atoms with Crippen molar-refractivity contribution >= 4 is 49.4 Å². The van der Waals surface area contributed by atoms with Crippen molar-refractivity contribution in [2.75, 3.05) is 17.1 Å². The lowest BCUT2D eigenvalue weighted by Gasteiger charge is -2.09. The molecule has 0 spiro atoms. The van der Waals surface area contributed by atoms with Gasteiger partial charge in [0.1, 0.15) is 17.4 Å². The molecule has 3 rings (SSSR count). The highest BCUT2D eigenvalue weighted by Crippen LogP contribution is 2.26. The molecule has 0 aliphatic carbocycles. The van der Waals surface area contributed by atoms with Gasteiger partial charge < -0.3 is 10.1 Å². The first kappa shape index (κ1) is 23.4. The molecule has 166 valence electrons. The van der Waals surface area contributed by atoms with Crippen LogP contribution in [0.1, 0.15) is 17.1 Å². The smallest absolute Gasteiger partial charge is 0.263 e. The number of nitrogens with zero attached hydrogens (tertiary/aromatic N) is 2. The third kappa shape index (κ3) is 6.14. The summed E-state index contributed by atoms with van der Waals surface area (Å²) < 4.78 is 33.6. The lowest BCUT2D eigenvalue weighted by molar-refractivity contribution is -0.111. The van der Waals surface area contributed by atoms with Crippen LogP contribution in [0.25, 0.3) is 6.08 Å². The summed E-state index contributed by atoms with van der Waals surface area (Å²) in [5.41, 5.74) is 1.93. The minimum Gasteiger partial charge on any atom is -0.496 e. The van der Waals surface area contributed by atoms with E-state index >= 15 is 0 Å². The van der Waals surface area contributed by atoms with Crippen molar-refractivity contribution in [3.63, 3.8) is 0 Å². The van der Waals surface area contributed by atoms with E-state index in [0.29, 0.717) is 23.0 Å². The van der Waals surface area contributed by atoms with E-state index in [2.05, 4.69) is 35.9 Å². The van der Waals surface area contributed by atoms with Gasteiger partial charge in [-0.15, -0.1) is 0 Å². The number of hydrogen-bond acceptors (Lipinski definition) is 6. The number of methoxy groups -OCH3 is 1. The highest BCUT2D eigenvalue weighted by molar-refractivity contribution is 9.10. The van der Waals surface area contributed by atoms with Gasteiger partial charge in [-0.3, -0.25) is 9.52 Å². The zero-order chi connectivity index (χ0) is 23.3. The van der Waals surface area contributed by atoms with Crippen LogP contribution < -0.4 is 14.8 Å². The Balaban J connectivity index is 1.65. The number of aryl methyl sites for hydroxylation is 2. The number of anilines is 2. The number of sulfonamides is 1. The maximum atomic E-state index is 12.6. The molecule has 32 heavy (non-hydrogen) atoms. The van der Waals surface area contributed by atoms with E-state index in [9.17, 15) is 13.2 Å². The van der Waals surface area contributed by atoms with Crippen LogP contribution in [0, 0.1) is 13.8 Å². The van der Waals surface area contributed by atoms with Crippen molar-refractivity contribution in [2.24, 2.45) is 0 Å². The van der Waals surface area contributed by atoms with Crippen molar-refractivity contribution in [3.05, 3.63) is 76.2 Å². The Kier molecular flexibility index (Phi) is 7.26. The number of carbonyl (C=O) groups is 1. The van der Waals surface area contributed by atoms with E-state index in [1.165, 1.54) is 30.3 Å². The van der Waals surface area contributed by atoms with Crippen LogP contribution in [0.15, 0.2) is 64.0 Å². The zero-order valence-corrected chi connectivity index (χ0v) is 20.0. The van der Waals surface area contributed by atoms with E-state index in [0.717, 1.165) is 10.0 Å². The average Bonchev–Trinajstić information content (AvgIpc) is 2.71. The Bertz CT molecular complexity index is 1260. The molecule has 1 aromatic heterocycles. The normalized spacial score (nSPS) is 11.4. The predicted molar refractivity (Wildman–Crippen MR) is 127 cm³/mol. The van der Waals surface area contributed by atoms with Crippen molar-refractivity contribution in [1.29, 1.82) is 0 Å². The second-order valence-corrected chi connectivity index (χ2v) is 9.32. The summed E-state index contributed by atoms with van der Waals surface area (Å²) >= 11 is 3.40. The largest absolute Gasteiger partial charge is 0.496 e. The molecule has 8 nitrogen and oxygen atoms in total. The first-order valence-electron chi connectivity index (χ1n) is 9.44. The molecule has 0 atom stereocenters. The third-order valence-corrected chi connectivity index (χ3v) is 6.23. The van der Waals surface area contributed by atoms with Crippen molar-refractivity contribution in [2.45, 2.75) is 18.7 Å². The van der Waals surface area contributed by atoms with Gasteiger partial charge in [0.2, 0.25) is 5.91 Å². The van der Waals surface area contributed by atoms with Crippen LogP contribution in [0.4, 0.5) is 11.5 Å². The Hall–Kier alpha value is -3.24. The number of benzene rings is 2. The molecule has 0 saturated heterocycles. The highest BCUT2D eigenvalue weighted by atomic mass is 79.9. The molecule has 0 saturated carbocycles. The fourth-order valence-electron chi connectivity index (χ4n) is 2.83. The monoisotopic (exact) mass is 516 g/mol. The predicted octanol–water partition coefficient (Wildman–Crippen LogP) is 4.32. The Labute approximate surface area is 194 Å². The number of nitrogens with one attached hydrogen (secondary N) is 2. The van der Waals surface area contributed by atoms with Gasteiger partial charge in [-0.05, 0) is 77.8 Å². The van der Waals surface area contributed by atoms with Crippen LogP contribution in [-0.4, -0.2) is 31.4 Å². The molecule has 10 heteroatoms. The minimum absolute atomic E-state index is 0.0445. The van der Waals surface area contributed by atoms with Crippen LogP contribution >= 0.6 is 15.9 Å². The van der Waals surface area contributed by atoms with Gasteiger partial charge in [-0.25, -0.2) is 18.4 Å². The van der Waals surface area contributed by atoms with E-state index in [1.54, 1.807) is 39.2 Å². The molecule has 0 radical (unpaired) electrons.